The predicted molar refractivity (Wildman–Crippen MR) is 63.5 cm³/mol. The minimum absolute atomic E-state index is 0.419. The number of carboxylic acid groups (broad SMARTS) is 1. The Balaban J connectivity index is 2.83. The molecule has 1 aromatic rings. The molecule has 0 radical (unpaired) electrons. The Morgan fingerprint density at radius 3 is 2.12 bits per heavy atom. The standard InChI is InChI=1S/C12H16N2O3/c1-12(2,3)14(11(16)17)13-10(15)9-7-5-4-6-8-9/h4-8H,1-3H3,(H,13,15)(H,16,17). The lowest BCUT2D eigenvalue weighted by Gasteiger charge is -2.32. The van der Waals surface area contributed by atoms with E-state index in [9.17, 15) is 9.59 Å². The number of carbonyl (C=O) groups excluding carboxylic acids is 1. The van der Waals surface area contributed by atoms with Crippen LogP contribution >= 0.6 is 0 Å². The second-order valence-corrected chi connectivity index (χ2v) is 4.60. The van der Waals surface area contributed by atoms with Crippen molar-refractivity contribution in [3.05, 3.63) is 35.9 Å². The smallest absolute Gasteiger partial charge is 0.426 e. The fourth-order valence-corrected chi connectivity index (χ4v) is 1.26. The highest BCUT2D eigenvalue weighted by atomic mass is 16.4. The molecule has 0 aliphatic heterocycles. The molecular formula is C12H16N2O3. The van der Waals surface area contributed by atoms with Crippen LogP contribution in [0.25, 0.3) is 0 Å². The Kier molecular flexibility index (Phi) is 3.73. The number of rotatable bonds is 1. The van der Waals surface area contributed by atoms with E-state index in [0.717, 1.165) is 5.01 Å². The van der Waals surface area contributed by atoms with Crippen LogP contribution in [0.2, 0.25) is 0 Å². The molecule has 1 rings (SSSR count). The lowest BCUT2D eigenvalue weighted by molar-refractivity contribution is 0.0497. The first-order valence-electron chi connectivity index (χ1n) is 5.21. The summed E-state index contributed by atoms with van der Waals surface area (Å²) in [6.07, 6.45) is -1.19. The van der Waals surface area contributed by atoms with Crippen LogP contribution < -0.4 is 5.43 Å². The van der Waals surface area contributed by atoms with E-state index in [2.05, 4.69) is 5.43 Å². The van der Waals surface area contributed by atoms with Crippen molar-refractivity contribution in [1.82, 2.24) is 10.4 Å². The fraction of sp³-hybridized carbons (Fsp3) is 0.333. The van der Waals surface area contributed by atoms with Gasteiger partial charge in [-0.3, -0.25) is 10.2 Å². The van der Waals surface area contributed by atoms with E-state index >= 15 is 0 Å². The summed E-state index contributed by atoms with van der Waals surface area (Å²) in [5, 5.41) is 9.91. The molecule has 0 spiro atoms. The molecule has 1 aromatic carbocycles. The summed E-state index contributed by atoms with van der Waals surface area (Å²) in [5.74, 6) is -0.442. The third-order valence-electron chi connectivity index (χ3n) is 2.11. The van der Waals surface area contributed by atoms with Gasteiger partial charge < -0.3 is 5.11 Å². The third-order valence-corrected chi connectivity index (χ3v) is 2.11. The molecular weight excluding hydrogens is 220 g/mol. The van der Waals surface area contributed by atoms with Gasteiger partial charge in [0, 0.05) is 5.56 Å². The van der Waals surface area contributed by atoms with E-state index in [0.29, 0.717) is 5.56 Å². The molecule has 5 nitrogen and oxygen atoms in total. The fourth-order valence-electron chi connectivity index (χ4n) is 1.26. The van der Waals surface area contributed by atoms with Crippen molar-refractivity contribution in [1.29, 1.82) is 0 Å². The monoisotopic (exact) mass is 236 g/mol. The van der Waals surface area contributed by atoms with E-state index in [1.807, 2.05) is 0 Å². The van der Waals surface area contributed by atoms with E-state index in [1.54, 1.807) is 51.1 Å². The average molecular weight is 236 g/mol. The lowest BCUT2D eigenvalue weighted by Crippen LogP contribution is -2.55. The number of hydrogen-bond acceptors (Lipinski definition) is 2. The largest absolute Gasteiger partial charge is 0.464 e. The molecule has 92 valence electrons. The van der Waals surface area contributed by atoms with Gasteiger partial charge in [0.05, 0.1) is 5.54 Å². The number of nitrogens with one attached hydrogen (secondary N) is 1. The van der Waals surface area contributed by atoms with Crippen molar-refractivity contribution in [2.24, 2.45) is 0 Å². The summed E-state index contributed by atoms with van der Waals surface area (Å²) < 4.78 is 0. The SMILES string of the molecule is CC(C)(C)N(NC(=O)c1ccccc1)C(=O)O. The summed E-state index contributed by atoms with van der Waals surface area (Å²) in [7, 11) is 0. The number of hydrogen-bond donors (Lipinski definition) is 2. The highest BCUT2D eigenvalue weighted by Gasteiger charge is 2.28. The first kappa shape index (κ1) is 13.0. The van der Waals surface area contributed by atoms with Gasteiger partial charge in [-0.2, -0.15) is 0 Å². The number of hydrazine groups is 1. The van der Waals surface area contributed by atoms with Crippen LogP contribution in [0.5, 0.6) is 0 Å². The molecule has 0 saturated carbocycles. The van der Waals surface area contributed by atoms with Crippen molar-refractivity contribution in [3.8, 4) is 0 Å². The summed E-state index contributed by atoms with van der Waals surface area (Å²) in [4.78, 5) is 22.8. The van der Waals surface area contributed by atoms with Crippen molar-refractivity contribution in [2.45, 2.75) is 26.3 Å². The van der Waals surface area contributed by atoms with Crippen molar-refractivity contribution in [3.63, 3.8) is 0 Å². The zero-order valence-corrected chi connectivity index (χ0v) is 10.1. The maximum Gasteiger partial charge on any atom is 0.426 e. The van der Waals surface area contributed by atoms with Gasteiger partial charge in [0.2, 0.25) is 0 Å². The molecule has 0 aliphatic carbocycles. The van der Waals surface area contributed by atoms with Crippen molar-refractivity contribution < 1.29 is 14.7 Å². The molecule has 0 heterocycles. The zero-order chi connectivity index (χ0) is 13.1. The minimum Gasteiger partial charge on any atom is -0.464 e. The Labute approximate surface area is 100 Å². The summed E-state index contributed by atoms with van der Waals surface area (Å²) in [6.45, 7) is 5.10. The van der Waals surface area contributed by atoms with Gasteiger partial charge in [-0.15, -0.1) is 0 Å². The van der Waals surface area contributed by atoms with Crippen molar-refractivity contribution in [2.75, 3.05) is 0 Å². The van der Waals surface area contributed by atoms with Gasteiger partial charge in [-0.25, -0.2) is 9.80 Å². The van der Waals surface area contributed by atoms with Crippen LogP contribution in [0.15, 0.2) is 30.3 Å². The maximum atomic E-state index is 11.8. The highest BCUT2D eigenvalue weighted by molar-refractivity contribution is 5.94. The van der Waals surface area contributed by atoms with Gasteiger partial charge in [-0.1, -0.05) is 18.2 Å². The van der Waals surface area contributed by atoms with Gasteiger partial charge in [0.1, 0.15) is 0 Å². The Bertz CT molecular complexity index is 410. The molecule has 0 aromatic heterocycles. The molecule has 2 amide bonds. The average Bonchev–Trinajstić information content (AvgIpc) is 2.24. The number of nitrogens with zero attached hydrogens (tertiary/aromatic N) is 1. The predicted octanol–water partition coefficient (Wildman–Crippen LogP) is 2.11. The molecule has 0 aliphatic rings. The Morgan fingerprint density at radius 2 is 1.71 bits per heavy atom. The minimum atomic E-state index is -1.19. The van der Waals surface area contributed by atoms with Gasteiger partial charge in [-0.05, 0) is 32.9 Å². The van der Waals surface area contributed by atoms with Gasteiger partial charge in [0.25, 0.3) is 5.91 Å². The third kappa shape index (κ3) is 3.48. The topological polar surface area (TPSA) is 69.6 Å². The molecule has 0 saturated heterocycles. The lowest BCUT2D eigenvalue weighted by atomic mass is 10.1. The first-order chi connectivity index (χ1) is 7.82. The second kappa shape index (κ2) is 4.86. The van der Waals surface area contributed by atoms with Crippen molar-refractivity contribution >= 4 is 12.0 Å². The van der Waals surface area contributed by atoms with E-state index in [4.69, 9.17) is 5.11 Å². The van der Waals surface area contributed by atoms with Crippen LogP contribution in [0, 0.1) is 0 Å². The molecule has 0 bridgehead atoms. The van der Waals surface area contributed by atoms with E-state index in [1.165, 1.54) is 0 Å². The summed E-state index contributed by atoms with van der Waals surface area (Å²) >= 11 is 0. The number of benzene rings is 1. The maximum absolute atomic E-state index is 11.8. The van der Waals surface area contributed by atoms with Gasteiger partial charge >= 0.3 is 6.09 Å². The highest BCUT2D eigenvalue weighted by Crippen LogP contribution is 2.11. The Hall–Kier alpha value is -2.04. The van der Waals surface area contributed by atoms with E-state index < -0.39 is 17.5 Å². The van der Waals surface area contributed by atoms with Crippen LogP contribution in [0.1, 0.15) is 31.1 Å². The zero-order valence-electron chi connectivity index (χ0n) is 10.1. The second-order valence-electron chi connectivity index (χ2n) is 4.60. The molecule has 2 N–H and O–H groups in total. The molecule has 17 heavy (non-hydrogen) atoms. The van der Waals surface area contributed by atoms with Gasteiger partial charge in [0.15, 0.2) is 0 Å². The summed E-state index contributed by atoms with van der Waals surface area (Å²) in [5.41, 5.74) is 2.09. The number of amides is 2. The van der Waals surface area contributed by atoms with Crippen LogP contribution in [0.4, 0.5) is 4.79 Å². The van der Waals surface area contributed by atoms with E-state index in [-0.39, 0.29) is 0 Å². The molecule has 0 unspecified atom stereocenters. The summed E-state index contributed by atoms with van der Waals surface area (Å²) in [6, 6.07) is 8.47. The van der Waals surface area contributed by atoms with Crippen LogP contribution in [-0.4, -0.2) is 27.7 Å². The number of carbonyl (C=O) groups is 2. The molecule has 0 atom stereocenters. The van der Waals surface area contributed by atoms with Crippen LogP contribution in [0.3, 0.4) is 0 Å². The first-order valence-corrected chi connectivity index (χ1v) is 5.21. The molecule has 5 heteroatoms. The van der Waals surface area contributed by atoms with Crippen LogP contribution in [-0.2, 0) is 0 Å². The normalized spacial score (nSPS) is 10.8. The Morgan fingerprint density at radius 1 is 1.18 bits per heavy atom. The quantitative estimate of drug-likeness (QED) is 0.734. The molecule has 0 fully saturated rings.